The van der Waals surface area contributed by atoms with E-state index in [0.717, 1.165) is 4.57 Å². The van der Waals surface area contributed by atoms with E-state index in [1.165, 1.54) is 42.5 Å². The second-order valence-electron chi connectivity index (χ2n) is 8.62. The van der Waals surface area contributed by atoms with Crippen molar-refractivity contribution in [1.82, 2.24) is 8.87 Å². The number of nitrogens with two attached hydrogens (primary N) is 1. The van der Waals surface area contributed by atoms with Crippen LogP contribution in [-0.4, -0.2) is 54.1 Å². The maximum atomic E-state index is 13.2. The average molecular weight is 483 g/mol. The number of hydrogen-bond acceptors (Lipinski definition) is 9. The summed E-state index contributed by atoms with van der Waals surface area (Å²) in [5.41, 5.74) is 4.50. The van der Waals surface area contributed by atoms with E-state index >= 15 is 0 Å². The Bertz CT molecular complexity index is 1250. The van der Waals surface area contributed by atoms with Crippen LogP contribution in [0.1, 0.15) is 25.8 Å². The molecule has 1 aliphatic heterocycles. The van der Waals surface area contributed by atoms with Crippen molar-refractivity contribution in [2.45, 2.75) is 44.9 Å². The normalized spacial score (nSPS) is 17.3. The molecule has 0 saturated carbocycles. The van der Waals surface area contributed by atoms with Crippen LogP contribution in [-0.2, 0) is 31.1 Å². The quantitative estimate of drug-likeness (QED) is 0.325. The molecule has 33 heavy (non-hydrogen) atoms. The molecule has 12 nitrogen and oxygen atoms in total. The molecule has 0 aliphatic carbocycles. The standard InChI is InChI=1S/C20H26N4O8S/c1-13-9-22(12-31-19(26)20(2,3)11-32-24(27)28)18(25)15-5-4-6-16(17(13)15)33(29,30)23-8-7-14(21)10-23/h4-6,9,14H,7-8,10-12,21H2,1-3H3/t14-/m0/s1. The molecule has 1 aliphatic rings. The molecule has 0 radical (unpaired) electrons. The first-order valence-electron chi connectivity index (χ1n) is 10.2. The number of esters is 1. The van der Waals surface area contributed by atoms with Crippen molar-refractivity contribution in [1.29, 1.82) is 0 Å². The van der Waals surface area contributed by atoms with Gasteiger partial charge in [-0.25, -0.2) is 8.42 Å². The average Bonchev–Trinajstić information content (AvgIpc) is 3.20. The van der Waals surface area contributed by atoms with Gasteiger partial charge in [0.15, 0.2) is 6.73 Å². The molecule has 1 aromatic heterocycles. The number of benzene rings is 1. The largest absolute Gasteiger partial charge is 0.443 e. The van der Waals surface area contributed by atoms with Crippen molar-refractivity contribution in [3.63, 3.8) is 0 Å². The number of ether oxygens (including phenoxy) is 1. The summed E-state index contributed by atoms with van der Waals surface area (Å²) >= 11 is 0. The molecule has 1 aromatic carbocycles. The van der Waals surface area contributed by atoms with Crippen LogP contribution in [0.15, 0.2) is 34.1 Å². The van der Waals surface area contributed by atoms with Gasteiger partial charge in [-0.15, -0.1) is 10.1 Å². The number of rotatable bonds is 8. The zero-order valence-electron chi connectivity index (χ0n) is 18.5. The van der Waals surface area contributed by atoms with Gasteiger partial charge in [0.05, 0.1) is 10.3 Å². The van der Waals surface area contributed by atoms with Gasteiger partial charge < -0.3 is 15.3 Å². The van der Waals surface area contributed by atoms with E-state index in [4.69, 9.17) is 10.5 Å². The van der Waals surface area contributed by atoms with E-state index in [2.05, 4.69) is 4.84 Å². The third kappa shape index (κ3) is 4.99. The number of hydrogen-bond donors (Lipinski definition) is 1. The van der Waals surface area contributed by atoms with Crippen LogP contribution in [0.4, 0.5) is 0 Å². The number of aromatic nitrogens is 1. The van der Waals surface area contributed by atoms with Crippen LogP contribution < -0.4 is 11.3 Å². The van der Waals surface area contributed by atoms with Crippen LogP contribution in [0.5, 0.6) is 0 Å². The van der Waals surface area contributed by atoms with Crippen molar-refractivity contribution in [2.24, 2.45) is 11.1 Å². The third-order valence-electron chi connectivity index (χ3n) is 5.48. The molecular formula is C20H26N4O8S. The van der Waals surface area contributed by atoms with Crippen LogP contribution >= 0.6 is 0 Å². The fourth-order valence-corrected chi connectivity index (χ4v) is 5.44. The second kappa shape index (κ2) is 9.08. The van der Waals surface area contributed by atoms with Crippen LogP contribution in [0.2, 0.25) is 0 Å². The Morgan fingerprint density at radius 2 is 2.06 bits per heavy atom. The minimum atomic E-state index is -3.86. The van der Waals surface area contributed by atoms with Gasteiger partial charge in [-0.2, -0.15) is 4.31 Å². The Hall–Kier alpha value is -3.03. The SMILES string of the molecule is Cc1cn(COC(=O)C(C)(C)CO[N+](=O)[O-])c(=O)c2cccc(S(=O)(=O)N3CC[C@H](N)C3)c12. The van der Waals surface area contributed by atoms with Crippen LogP contribution in [0, 0.1) is 22.5 Å². The highest BCUT2D eigenvalue weighted by molar-refractivity contribution is 7.89. The third-order valence-corrected chi connectivity index (χ3v) is 7.39. The summed E-state index contributed by atoms with van der Waals surface area (Å²) in [5.74, 6) is -0.796. The molecule has 0 spiro atoms. The molecule has 0 amide bonds. The van der Waals surface area contributed by atoms with Crippen molar-refractivity contribution in [3.8, 4) is 0 Å². The topological polar surface area (TPSA) is 164 Å². The van der Waals surface area contributed by atoms with Crippen molar-refractivity contribution >= 4 is 26.8 Å². The smallest absolute Gasteiger partial charge is 0.315 e. The predicted octanol–water partition coefficient (Wildman–Crippen LogP) is 0.767. The summed E-state index contributed by atoms with van der Waals surface area (Å²) in [5, 5.41) is 9.84. The summed E-state index contributed by atoms with van der Waals surface area (Å²) in [6.07, 6.45) is 1.97. The molecule has 2 N–H and O–H groups in total. The fourth-order valence-electron chi connectivity index (χ4n) is 3.65. The maximum absolute atomic E-state index is 13.2. The van der Waals surface area contributed by atoms with E-state index in [1.807, 2.05) is 0 Å². The van der Waals surface area contributed by atoms with Gasteiger partial charge in [0.2, 0.25) is 10.0 Å². The van der Waals surface area contributed by atoms with Crippen molar-refractivity contribution < 1.29 is 27.9 Å². The number of pyridine rings is 1. The Labute approximate surface area is 190 Å². The minimum Gasteiger partial charge on any atom is -0.443 e. The molecule has 0 unspecified atom stereocenters. The summed E-state index contributed by atoms with van der Waals surface area (Å²) in [7, 11) is -3.86. The predicted molar refractivity (Wildman–Crippen MR) is 117 cm³/mol. The first kappa shape index (κ1) is 24.6. The zero-order chi connectivity index (χ0) is 24.6. The number of carbonyl (C=O) groups excluding carboxylic acids is 1. The lowest BCUT2D eigenvalue weighted by Gasteiger charge is -2.22. The highest BCUT2D eigenvalue weighted by Gasteiger charge is 2.33. The molecule has 2 heterocycles. The van der Waals surface area contributed by atoms with E-state index in [0.29, 0.717) is 23.9 Å². The highest BCUT2D eigenvalue weighted by atomic mass is 32.2. The van der Waals surface area contributed by atoms with Gasteiger partial charge in [-0.05, 0) is 44.9 Å². The van der Waals surface area contributed by atoms with Gasteiger partial charge in [-0.3, -0.25) is 14.2 Å². The molecule has 1 atom stereocenters. The Balaban J connectivity index is 1.92. The van der Waals surface area contributed by atoms with E-state index < -0.39 is 45.4 Å². The lowest BCUT2D eigenvalue weighted by atomic mass is 9.95. The van der Waals surface area contributed by atoms with Crippen LogP contribution in [0.3, 0.4) is 0 Å². The summed E-state index contributed by atoms with van der Waals surface area (Å²) in [4.78, 5) is 40.0. The molecule has 1 saturated heterocycles. The fraction of sp³-hybridized carbons (Fsp3) is 0.500. The number of aryl methyl sites for hydroxylation is 1. The van der Waals surface area contributed by atoms with Gasteiger partial charge in [-0.1, -0.05) is 6.07 Å². The highest BCUT2D eigenvalue weighted by Crippen LogP contribution is 2.28. The summed E-state index contributed by atoms with van der Waals surface area (Å²) in [6, 6.07) is 4.21. The van der Waals surface area contributed by atoms with Gasteiger partial charge in [0.25, 0.3) is 10.6 Å². The number of nitrogens with zero attached hydrogens (tertiary/aromatic N) is 3. The summed E-state index contributed by atoms with van der Waals surface area (Å²) < 4.78 is 34.1. The number of sulfonamides is 1. The second-order valence-corrected chi connectivity index (χ2v) is 10.5. The molecule has 1 fully saturated rings. The van der Waals surface area contributed by atoms with Crippen LogP contribution in [0.25, 0.3) is 10.8 Å². The monoisotopic (exact) mass is 482 g/mol. The van der Waals surface area contributed by atoms with Gasteiger partial charge in [0, 0.05) is 36.1 Å². The zero-order valence-corrected chi connectivity index (χ0v) is 19.3. The molecular weight excluding hydrogens is 456 g/mol. The number of fused-ring (bicyclic) bond motifs is 1. The summed E-state index contributed by atoms with van der Waals surface area (Å²) in [6.45, 7) is 4.04. The Morgan fingerprint density at radius 1 is 1.36 bits per heavy atom. The molecule has 2 aromatic rings. The van der Waals surface area contributed by atoms with Crippen molar-refractivity contribution in [3.05, 3.63) is 50.4 Å². The van der Waals surface area contributed by atoms with Gasteiger partial charge >= 0.3 is 5.97 Å². The molecule has 3 rings (SSSR count). The molecule has 180 valence electrons. The Morgan fingerprint density at radius 3 is 2.67 bits per heavy atom. The minimum absolute atomic E-state index is 0.0194. The van der Waals surface area contributed by atoms with E-state index in [9.17, 15) is 28.1 Å². The maximum Gasteiger partial charge on any atom is 0.315 e. The lowest BCUT2D eigenvalue weighted by molar-refractivity contribution is -0.760. The van der Waals surface area contributed by atoms with Crippen molar-refractivity contribution in [2.75, 3.05) is 19.7 Å². The van der Waals surface area contributed by atoms with Gasteiger partial charge in [0.1, 0.15) is 6.61 Å². The lowest BCUT2D eigenvalue weighted by Crippen LogP contribution is -2.34. The first-order chi connectivity index (χ1) is 15.3. The molecule has 0 bridgehead atoms. The van der Waals surface area contributed by atoms with E-state index in [-0.39, 0.29) is 22.9 Å². The Kier molecular flexibility index (Phi) is 6.77. The first-order valence-corrected chi connectivity index (χ1v) is 11.6. The number of carbonyl (C=O) groups is 1. The molecule has 13 heteroatoms. The van der Waals surface area contributed by atoms with E-state index in [1.54, 1.807) is 6.92 Å².